The largest absolute Gasteiger partial charge is 0.358 e. The third kappa shape index (κ3) is 2.16. The second-order valence-electron chi connectivity index (χ2n) is 3.55. The van der Waals surface area contributed by atoms with E-state index >= 15 is 0 Å². The van der Waals surface area contributed by atoms with Gasteiger partial charge in [-0.25, -0.2) is 0 Å². The average Bonchev–Trinajstić information content (AvgIpc) is 2.30. The molecule has 0 unspecified atom stereocenters. The molecule has 16 heavy (non-hydrogen) atoms. The lowest BCUT2D eigenvalue weighted by Crippen LogP contribution is -2.26. The van der Waals surface area contributed by atoms with Crippen molar-refractivity contribution in [1.29, 1.82) is 0 Å². The van der Waals surface area contributed by atoms with Crippen LogP contribution in [0.5, 0.6) is 0 Å². The van der Waals surface area contributed by atoms with Crippen LogP contribution in [-0.4, -0.2) is 10.2 Å². The summed E-state index contributed by atoms with van der Waals surface area (Å²) < 4.78 is 0.813. The Hall–Kier alpha value is -1.16. The van der Waals surface area contributed by atoms with Gasteiger partial charge in [-0.15, -0.1) is 0 Å². The fourth-order valence-electron chi connectivity index (χ4n) is 1.54. The molecule has 0 saturated heterocycles. The highest BCUT2D eigenvalue weighted by atomic mass is 79.9. The Bertz CT molecular complexity index is 480. The summed E-state index contributed by atoms with van der Waals surface area (Å²) in [5, 5.41) is 20.2. The molecule has 82 valence electrons. The lowest BCUT2D eigenvalue weighted by atomic mass is 9.98. The van der Waals surface area contributed by atoms with E-state index in [1.54, 1.807) is 42.5 Å². The first-order valence-electron chi connectivity index (χ1n) is 4.87. The predicted molar refractivity (Wildman–Crippen MR) is 65.8 cm³/mol. The molecule has 2 aromatic carbocycles. The van der Waals surface area contributed by atoms with Crippen LogP contribution in [0.1, 0.15) is 11.1 Å². The number of benzene rings is 2. The second-order valence-corrected chi connectivity index (χ2v) is 4.46. The maximum absolute atomic E-state index is 10.1. The first-order valence-corrected chi connectivity index (χ1v) is 5.66. The summed E-state index contributed by atoms with van der Waals surface area (Å²) in [5.41, 5.74) is 0.890. The van der Waals surface area contributed by atoms with Gasteiger partial charge in [0, 0.05) is 15.6 Å². The molecular weight excluding hydrogens is 268 g/mol. The van der Waals surface area contributed by atoms with Gasteiger partial charge in [0.25, 0.3) is 0 Å². The van der Waals surface area contributed by atoms with Crippen LogP contribution in [0.25, 0.3) is 0 Å². The molecule has 0 atom stereocenters. The third-order valence-corrected chi connectivity index (χ3v) is 2.90. The van der Waals surface area contributed by atoms with Gasteiger partial charge in [0.2, 0.25) is 5.79 Å². The van der Waals surface area contributed by atoms with Crippen LogP contribution < -0.4 is 0 Å². The van der Waals surface area contributed by atoms with Gasteiger partial charge in [-0.3, -0.25) is 0 Å². The highest BCUT2D eigenvalue weighted by molar-refractivity contribution is 9.10. The second kappa shape index (κ2) is 4.37. The van der Waals surface area contributed by atoms with Crippen molar-refractivity contribution < 1.29 is 10.2 Å². The Morgan fingerprint density at radius 3 is 2.06 bits per heavy atom. The van der Waals surface area contributed by atoms with Crippen LogP contribution in [0.2, 0.25) is 0 Å². The normalized spacial score (nSPS) is 11.4. The van der Waals surface area contributed by atoms with E-state index in [-0.39, 0.29) is 0 Å². The van der Waals surface area contributed by atoms with Crippen LogP contribution in [0.4, 0.5) is 0 Å². The molecule has 0 bridgehead atoms. The molecule has 2 aromatic rings. The summed E-state index contributed by atoms with van der Waals surface area (Å²) in [6.07, 6.45) is 0. The third-order valence-electron chi connectivity index (χ3n) is 2.40. The number of hydrogen-bond donors (Lipinski definition) is 2. The van der Waals surface area contributed by atoms with E-state index in [4.69, 9.17) is 0 Å². The van der Waals surface area contributed by atoms with Crippen molar-refractivity contribution >= 4 is 15.9 Å². The van der Waals surface area contributed by atoms with E-state index in [1.807, 2.05) is 12.1 Å². The standard InChI is InChI=1S/C13H11BrO2/c14-12-8-4-7-11(9-12)13(15,16)10-5-2-1-3-6-10/h1-9,15-16H. The lowest BCUT2D eigenvalue weighted by molar-refractivity contribution is -0.132. The molecule has 0 amide bonds. The molecule has 0 aliphatic carbocycles. The molecule has 0 aliphatic rings. The highest BCUT2D eigenvalue weighted by Crippen LogP contribution is 2.28. The zero-order chi connectivity index (χ0) is 11.6. The summed E-state index contributed by atoms with van der Waals surface area (Å²) in [5.74, 6) is -1.95. The Labute approximate surface area is 102 Å². The summed E-state index contributed by atoms with van der Waals surface area (Å²) in [6, 6.07) is 15.7. The van der Waals surface area contributed by atoms with Crippen molar-refractivity contribution in [2.45, 2.75) is 5.79 Å². The highest BCUT2D eigenvalue weighted by Gasteiger charge is 2.27. The monoisotopic (exact) mass is 278 g/mol. The molecule has 0 aromatic heterocycles. The van der Waals surface area contributed by atoms with E-state index in [0.717, 1.165) is 4.47 Å². The van der Waals surface area contributed by atoms with Gasteiger partial charge in [-0.1, -0.05) is 58.4 Å². The maximum Gasteiger partial charge on any atom is 0.217 e. The molecule has 0 saturated carbocycles. The molecule has 2 rings (SSSR count). The summed E-state index contributed by atoms with van der Waals surface area (Å²) in [6.45, 7) is 0. The molecule has 2 N–H and O–H groups in total. The summed E-state index contributed by atoms with van der Waals surface area (Å²) in [7, 11) is 0. The van der Waals surface area contributed by atoms with Crippen molar-refractivity contribution in [3.05, 3.63) is 70.2 Å². The van der Waals surface area contributed by atoms with Gasteiger partial charge >= 0.3 is 0 Å². The molecule has 2 nitrogen and oxygen atoms in total. The van der Waals surface area contributed by atoms with Crippen LogP contribution in [0, 0.1) is 0 Å². The Balaban J connectivity index is 2.47. The van der Waals surface area contributed by atoms with Gasteiger partial charge < -0.3 is 10.2 Å². The van der Waals surface area contributed by atoms with Crippen molar-refractivity contribution in [2.75, 3.05) is 0 Å². The minimum Gasteiger partial charge on any atom is -0.358 e. The van der Waals surface area contributed by atoms with Gasteiger partial charge in [0.15, 0.2) is 0 Å². The predicted octanol–water partition coefficient (Wildman–Crippen LogP) is 2.63. The quantitative estimate of drug-likeness (QED) is 0.830. The van der Waals surface area contributed by atoms with Gasteiger partial charge in [0.05, 0.1) is 0 Å². The number of aliphatic hydroxyl groups is 2. The maximum atomic E-state index is 10.1. The van der Waals surface area contributed by atoms with Crippen LogP contribution in [0.15, 0.2) is 59.1 Å². The number of rotatable bonds is 2. The minimum absolute atomic E-state index is 0.438. The number of hydrogen-bond acceptors (Lipinski definition) is 2. The molecule has 3 heteroatoms. The van der Waals surface area contributed by atoms with E-state index in [0.29, 0.717) is 11.1 Å². The van der Waals surface area contributed by atoms with Crippen molar-refractivity contribution in [3.8, 4) is 0 Å². The van der Waals surface area contributed by atoms with E-state index < -0.39 is 5.79 Å². The first kappa shape index (κ1) is 11.3. The smallest absolute Gasteiger partial charge is 0.217 e. The zero-order valence-corrected chi connectivity index (χ0v) is 10.1. The van der Waals surface area contributed by atoms with Gasteiger partial charge in [-0.05, 0) is 12.1 Å². The van der Waals surface area contributed by atoms with Crippen molar-refractivity contribution in [3.63, 3.8) is 0 Å². The molecule has 0 aliphatic heterocycles. The molecule has 0 fully saturated rings. The van der Waals surface area contributed by atoms with Crippen molar-refractivity contribution in [2.24, 2.45) is 0 Å². The molecule has 0 heterocycles. The SMILES string of the molecule is OC(O)(c1ccccc1)c1cccc(Br)c1. The first-order chi connectivity index (χ1) is 7.60. The fourth-order valence-corrected chi connectivity index (χ4v) is 1.94. The molecule has 0 spiro atoms. The summed E-state index contributed by atoms with van der Waals surface area (Å²) in [4.78, 5) is 0. The Kier molecular flexibility index (Phi) is 3.10. The Morgan fingerprint density at radius 2 is 1.44 bits per heavy atom. The topological polar surface area (TPSA) is 40.5 Å². The van der Waals surface area contributed by atoms with Gasteiger partial charge in [-0.2, -0.15) is 0 Å². The van der Waals surface area contributed by atoms with Crippen LogP contribution in [-0.2, 0) is 5.79 Å². The van der Waals surface area contributed by atoms with E-state index in [2.05, 4.69) is 15.9 Å². The molecule has 0 radical (unpaired) electrons. The molecular formula is C13H11BrO2. The van der Waals surface area contributed by atoms with Crippen molar-refractivity contribution in [1.82, 2.24) is 0 Å². The summed E-state index contributed by atoms with van der Waals surface area (Å²) >= 11 is 3.30. The van der Waals surface area contributed by atoms with E-state index in [1.165, 1.54) is 0 Å². The Morgan fingerprint density at radius 1 is 0.812 bits per heavy atom. The fraction of sp³-hybridized carbons (Fsp3) is 0.0769. The van der Waals surface area contributed by atoms with Gasteiger partial charge in [0.1, 0.15) is 0 Å². The minimum atomic E-state index is -1.95. The van der Waals surface area contributed by atoms with Crippen LogP contribution in [0.3, 0.4) is 0 Å². The average molecular weight is 279 g/mol. The zero-order valence-electron chi connectivity index (χ0n) is 8.47. The number of halogens is 1. The van der Waals surface area contributed by atoms with E-state index in [9.17, 15) is 10.2 Å². The van der Waals surface area contributed by atoms with Crippen LogP contribution >= 0.6 is 15.9 Å². The lowest BCUT2D eigenvalue weighted by Gasteiger charge is -2.22.